The lowest BCUT2D eigenvalue weighted by molar-refractivity contribution is 0.892. The van der Waals surface area contributed by atoms with Gasteiger partial charge in [-0.1, -0.05) is 46.7 Å². The van der Waals surface area contributed by atoms with Crippen LogP contribution in [0, 0.1) is 0 Å². The van der Waals surface area contributed by atoms with Gasteiger partial charge in [-0.05, 0) is 61.4 Å². The molecule has 0 aliphatic rings. The SMILES string of the molecule is Clc1ccc(-c2nc(SCCCCSc3n[nH]c(-c4ccc(Cl)cc4)n3)n[nH]2)cc1. The van der Waals surface area contributed by atoms with Crippen molar-refractivity contribution in [1.29, 1.82) is 0 Å². The van der Waals surface area contributed by atoms with Gasteiger partial charge >= 0.3 is 0 Å². The smallest absolute Gasteiger partial charge is 0.208 e. The van der Waals surface area contributed by atoms with Gasteiger partial charge in [0, 0.05) is 32.7 Å². The first-order valence-electron chi connectivity index (χ1n) is 9.30. The monoisotopic (exact) mass is 476 g/mol. The van der Waals surface area contributed by atoms with Crippen molar-refractivity contribution >= 4 is 46.7 Å². The second-order valence-corrected chi connectivity index (χ2v) is 9.35. The molecule has 0 saturated heterocycles. The zero-order chi connectivity index (χ0) is 20.8. The number of nitrogens with one attached hydrogen (secondary N) is 2. The maximum atomic E-state index is 5.92. The van der Waals surface area contributed by atoms with Crippen molar-refractivity contribution in [2.24, 2.45) is 0 Å². The molecule has 0 saturated carbocycles. The van der Waals surface area contributed by atoms with Crippen molar-refractivity contribution in [3.63, 3.8) is 0 Å². The third-order valence-electron chi connectivity index (χ3n) is 4.17. The Bertz CT molecular complexity index is 992. The molecule has 2 heterocycles. The molecule has 0 spiro atoms. The predicted molar refractivity (Wildman–Crippen MR) is 124 cm³/mol. The van der Waals surface area contributed by atoms with Crippen LogP contribution in [0.5, 0.6) is 0 Å². The van der Waals surface area contributed by atoms with Crippen LogP contribution >= 0.6 is 46.7 Å². The third kappa shape index (κ3) is 5.78. The Balaban J connectivity index is 1.17. The second kappa shape index (κ2) is 10.3. The van der Waals surface area contributed by atoms with E-state index in [0.29, 0.717) is 10.0 Å². The molecule has 0 unspecified atom stereocenters. The minimum Gasteiger partial charge on any atom is -0.258 e. The number of benzene rings is 2. The maximum absolute atomic E-state index is 5.92. The van der Waals surface area contributed by atoms with E-state index >= 15 is 0 Å². The molecular weight excluding hydrogens is 459 g/mol. The molecular formula is C20H18Cl2N6S2. The number of halogens is 2. The standard InChI is InChI=1S/C20H18Cl2N6S2/c21-15-7-3-13(4-8-15)17-23-19(27-25-17)29-11-1-2-12-30-20-24-18(26-28-20)14-5-9-16(22)10-6-14/h3-10H,1-2,11-12H2,(H,23,25,27)(H,24,26,28). The van der Waals surface area contributed by atoms with Crippen molar-refractivity contribution in [2.75, 3.05) is 11.5 Å². The molecule has 10 heteroatoms. The summed E-state index contributed by atoms with van der Waals surface area (Å²) < 4.78 is 0. The Hall–Kier alpha value is -2.00. The van der Waals surface area contributed by atoms with Crippen molar-refractivity contribution in [2.45, 2.75) is 23.2 Å². The van der Waals surface area contributed by atoms with Crippen LogP contribution in [0.2, 0.25) is 10.0 Å². The summed E-state index contributed by atoms with van der Waals surface area (Å²) in [4.78, 5) is 9.06. The summed E-state index contributed by atoms with van der Waals surface area (Å²) in [6.07, 6.45) is 2.13. The van der Waals surface area contributed by atoms with Gasteiger partial charge in [-0.3, -0.25) is 10.2 Å². The number of hydrogen-bond donors (Lipinski definition) is 2. The maximum Gasteiger partial charge on any atom is 0.208 e. The minimum atomic E-state index is 0.706. The van der Waals surface area contributed by atoms with Gasteiger partial charge in [0.1, 0.15) is 0 Å². The fraction of sp³-hybridized carbons (Fsp3) is 0.200. The molecule has 0 aliphatic heterocycles. The highest BCUT2D eigenvalue weighted by atomic mass is 35.5. The first-order chi connectivity index (χ1) is 14.7. The van der Waals surface area contributed by atoms with E-state index < -0.39 is 0 Å². The third-order valence-corrected chi connectivity index (χ3v) is 6.54. The van der Waals surface area contributed by atoms with E-state index in [0.717, 1.165) is 57.4 Å². The highest BCUT2D eigenvalue weighted by Gasteiger charge is 2.08. The molecule has 0 atom stereocenters. The van der Waals surface area contributed by atoms with Crippen LogP contribution in [0.15, 0.2) is 58.8 Å². The average molecular weight is 477 g/mol. The molecule has 154 valence electrons. The van der Waals surface area contributed by atoms with Crippen LogP contribution in [0.1, 0.15) is 12.8 Å². The van der Waals surface area contributed by atoms with Gasteiger partial charge in [0.2, 0.25) is 10.3 Å². The number of nitrogens with zero attached hydrogens (tertiary/aromatic N) is 4. The Morgan fingerprint density at radius 2 is 1.03 bits per heavy atom. The molecule has 0 amide bonds. The summed E-state index contributed by atoms with van der Waals surface area (Å²) in [5.74, 6) is 3.43. The van der Waals surface area contributed by atoms with E-state index in [2.05, 4.69) is 30.4 Å². The van der Waals surface area contributed by atoms with Crippen LogP contribution in [0.25, 0.3) is 22.8 Å². The lowest BCUT2D eigenvalue weighted by Gasteiger charge is -1.98. The second-order valence-electron chi connectivity index (χ2n) is 6.35. The van der Waals surface area contributed by atoms with E-state index in [4.69, 9.17) is 23.2 Å². The van der Waals surface area contributed by atoms with E-state index in [1.165, 1.54) is 0 Å². The van der Waals surface area contributed by atoms with Gasteiger partial charge in [0.15, 0.2) is 11.6 Å². The van der Waals surface area contributed by atoms with E-state index in [9.17, 15) is 0 Å². The predicted octanol–water partition coefficient (Wildman–Crippen LogP) is 6.23. The Kier molecular flexibility index (Phi) is 7.33. The van der Waals surface area contributed by atoms with Crippen LogP contribution < -0.4 is 0 Å². The summed E-state index contributed by atoms with van der Waals surface area (Å²) in [6.45, 7) is 0. The van der Waals surface area contributed by atoms with Crippen LogP contribution in [0.3, 0.4) is 0 Å². The largest absolute Gasteiger partial charge is 0.258 e. The summed E-state index contributed by atoms with van der Waals surface area (Å²) in [5, 5.41) is 17.4. The number of unbranched alkanes of at least 4 members (excludes halogenated alkanes) is 1. The van der Waals surface area contributed by atoms with E-state index in [-0.39, 0.29) is 0 Å². The quantitative estimate of drug-likeness (QED) is 0.220. The first kappa shape index (κ1) is 21.2. The van der Waals surface area contributed by atoms with Crippen molar-refractivity contribution in [3.05, 3.63) is 58.6 Å². The average Bonchev–Trinajstić information content (AvgIpc) is 3.42. The van der Waals surface area contributed by atoms with Gasteiger partial charge < -0.3 is 0 Å². The molecule has 4 rings (SSSR count). The molecule has 2 aromatic carbocycles. The first-order valence-corrected chi connectivity index (χ1v) is 12.0. The minimum absolute atomic E-state index is 0.706. The molecule has 2 N–H and O–H groups in total. The highest BCUT2D eigenvalue weighted by Crippen LogP contribution is 2.24. The zero-order valence-corrected chi connectivity index (χ0v) is 19.0. The van der Waals surface area contributed by atoms with Gasteiger partial charge in [0.05, 0.1) is 0 Å². The molecule has 0 bridgehead atoms. The van der Waals surface area contributed by atoms with Crippen LogP contribution in [-0.2, 0) is 0 Å². The van der Waals surface area contributed by atoms with Crippen molar-refractivity contribution in [1.82, 2.24) is 30.4 Å². The summed E-state index contributed by atoms with van der Waals surface area (Å²) in [5.41, 5.74) is 1.94. The highest BCUT2D eigenvalue weighted by molar-refractivity contribution is 7.99. The van der Waals surface area contributed by atoms with Crippen LogP contribution in [-0.4, -0.2) is 41.9 Å². The van der Waals surface area contributed by atoms with Gasteiger partial charge in [0.25, 0.3) is 0 Å². The van der Waals surface area contributed by atoms with Crippen molar-refractivity contribution in [3.8, 4) is 22.8 Å². The van der Waals surface area contributed by atoms with E-state index in [1.54, 1.807) is 23.5 Å². The Labute approximate surface area is 192 Å². The topological polar surface area (TPSA) is 83.1 Å². The molecule has 4 aromatic rings. The molecule has 30 heavy (non-hydrogen) atoms. The fourth-order valence-corrected chi connectivity index (χ4v) is 4.47. The number of rotatable bonds is 9. The molecule has 2 aromatic heterocycles. The number of aromatic amines is 2. The van der Waals surface area contributed by atoms with Gasteiger partial charge in [-0.15, -0.1) is 10.2 Å². The molecule has 6 nitrogen and oxygen atoms in total. The summed E-state index contributed by atoms with van der Waals surface area (Å²) in [6, 6.07) is 15.1. The Morgan fingerprint density at radius 3 is 1.43 bits per heavy atom. The number of hydrogen-bond acceptors (Lipinski definition) is 6. The molecule has 0 aliphatic carbocycles. The molecule has 0 radical (unpaired) electrons. The zero-order valence-electron chi connectivity index (χ0n) is 15.8. The molecule has 0 fully saturated rings. The van der Waals surface area contributed by atoms with Gasteiger partial charge in [-0.2, -0.15) is 0 Å². The Morgan fingerprint density at radius 1 is 0.633 bits per heavy atom. The fourth-order valence-electron chi connectivity index (χ4n) is 2.63. The summed E-state index contributed by atoms with van der Waals surface area (Å²) >= 11 is 15.1. The normalized spacial score (nSPS) is 11.1. The number of aromatic nitrogens is 6. The van der Waals surface area contributed by atoms with E-state index in [1.807, 2.05) is 48.5 Å². The summed E-state index contributed by atoms with van der Waals surface area (Å²) in [7, 11) is 0. The van der Waals surface area contributed by atoms with Crippen LogP contribution in [0.4, 0.5) is 0 Å². The van der Waals surface area contributed by atoms with Gasteiger partial charge in [-0.25, -0.2) is 9.97 Å². The lowest BCUT2D eigenvalue weighted by atomic mass is 10.2. The number of H-pyrrole nitrogens is 2. The number of thioether (sulfide) groups is 2. The lowest BCUT2D eigenvalue weighted by Crippen LogP contribution is -1.86. The van der Waals surface area contributed by atoms with Crippen molar-refractivity contribution < 1.29 is 0 Å².